The number of carbonyl (C=O) groups is 3. The van der Waals surface area contributed by atoms with Crippen molar-refractivity contribution in [3.63, 3.8) is 0 Å². The summed E-state index contributed by atoms with van der Waals surface area (Å²) in [5.41, 5.74) is 9.27. The van der Waals surface area contributed by atoms with Gasteiger partial charge in [-0.25, -0.2) is 9.50 Å². The zero-order chi connectivity index (χ0) is 24.2. The van der Waals surface area contributed by atoms with Gasteiger partial charge in [-0.2, -0.15) is 5.10 Å². The molecule has 1 aliphatic rings. The number of hydrogen-bond acceptors (Lipinski definition) is 6. The van der Waals surface area contributed by atoms with Crippen LogP contribution in [0.4, 0.5) is 5.69 Å². The van der Waals surface area contributed by atoms with Gasteiger partial charge in [-0.3, -0.25) is 14.4 Å². The number of primary amides is 1. The fraction of sp³-hybridized carbons (Fsp3) is 0.375. The van der Waals surface area contributed by atoms with Gasteiger partial charge in [0, 0.05) is 31.0 Å². The minimum absolute atomic E-state index is 0.0389. The number of hydrogen-bond donors (Lipinski definition) is 3. The van der Waals surface area contributed by atoms with Crippen molar-refractivity contribution in [3.05, 3.63) is 58.5 Å². The molecule has 0 aliphatic carbocycles. The van der Waals surface area contributed by atoms with E-state index in [0.29, 0.717) is 35.6 Å². The number of para-hydroxylation sites is 1. The Balaban J connectivity index is 1.42. The third-order valence-corrected chi connectivity index (χ3v) is 6.04. The van der Waals surface area contributed by atoms with E-state index in [9.17, 15) is 14.4 Å². The van der Waals surface area contributed by atoms with E-state index in [4.69, 9.17) is 10.5 Å². The van der Waals surface area contributed by atoms with Crippen LogP contribution in [0.5, 0.6) is 0 Å². The van der Waals surface area contributed by atoms with Crippen LogP contribution in [-0.2, 0) is 16.0 Å². The number of rotatable bonds is 8. The maximum Gasteiger partial charge on any atom is 0.254 e. The van der Waals surface area contributed by atoms with Crippen molar-refractivity contribution in [1.29, 1.82) is 0 Å². The van der Waals surface area contributed by atoms with Gasteiger partial charge in [0.15, 0.2) is 5.65 Å². The Kier molecular flexibility index (Phi) is 6.87. The standard InChI is InChI=1S/C24H28N6O4/c1-14-17(15(2)30-23(28-14)19(13-27-30)22(25)32)9-10-21(31)29-20-8-4-3-7-18(20)24(33)26-12-16-6-5-11-34-16/h3-4,7-8,13,16H,5-6,9-12H2,1-2H3,(H2,25,32)(H,26,33)(H,29,31). The zero-order valence-corrected chi connectivity index (χ0v) is 19.3. The number of anilines is 1. The number of amides is 3. The summed E-state index contributed by atoms with van der Waals surface area (Å²) in [6.45, 7) is 4.85. The molecule has 1 unspecified atom stereocenters. The third kappa shape index (κ3) is 4.91. The molecule has 4 N–H and O–H groups in total. The lowest BCUT2D eigenvalue weighted by atomic mass is 10.1. The summed E-state index contributed by atoms with van der Waals surface area (Å²) in [7, 11) is 0. The average molecular weight is 465 g/mol. The van der Waals surface area contributed by atoms with Gasteiger partial charge in [-0.1, -0.05) is 12.1 Å². The lowest BCUT2D eigenvalue weighted by Crippen LogP contribution is -2.32. The molecule has 1 aliphatic heterocycles. The Morgan fingerprint density at radius 1 is 1.21 bits per heavy atom. The summed E-state index contributed by atoms with van der Waals surface area (Å²) >= 11 is 0. The zero-order valence-electron chi connectivity index (χ0n) is 19.3. The molecule has 1 aromatic carbocycles. The van der Waals surface area contributed by atoms with Crippen LogP contribution >= 0.6 is 0 Å². The largest absolute Gasteiger partial charge is 0.376 e. The third-order valence-electron chi connectivity index (χ3n) is 6.04. The minimum Gasteiger partial charge on any atom is -0.376 e. The molecule has 34 heavy (non-hydrogen) atoms. The van der Waals surface area contributed by atoms with Gasteiger partial charge in [0.05, 0.1) is 23.6 Å². The summed E-state index contributed by atoms with van der Waals surface area (Å²) in [6.07, 6.45) is 3.98. The van der Waals surface area contributed by atoms with Crippen LogP contribution in [0.25, 0.3) is 5.65 Å². The van der Waals surface area contributed by atoms with Gasteiger partial charge in [-0.15, -0.1) is 0 Å². The van der Waals surface area contributed by atoms with Gasteiger partial charge in [0.25, 0.3) is 11.8 Å². The predicted octanol–water partition coefficient (Wildman–Crippen LogP) is 1.93. The molecule has 4 rings (SSSR count). The molecule has 0 saturated carbocycles. The highest BCUT2D eigenvalue weighted by atomic mass is 16.5. The number of aryl methyl sites for hydroxylation is 2. The minimum atomic E-state index is -0.591. The number of nitrogens with two attached hydrogens (primary N) is 1. The van der Waals surface area contributed by atoms with Crippen LogP contribution in [0.15, 0.2) is 30.5 Å². The SMILES string of the molecule is Cc1nc2c(C(N)=O)cnn2c(C)c1CCC(=O)Nc1ccccc1C(=O)NCC1CCCO1. The number of benzene rings is 1. The average Bonchev–Trinajstić information content (AvgIpc) is 3.47. The fourth-order valence-electron chi connectivity index (χ4n) is 4.20. The number of carbonyl (C=O) groups excluding carboxylic acids is 3. The van der Waals surface area contributed by atoms with Crippen molar-refractivity contribution < 1.29 is 19.1 Å². The normalized spacial score (nSPS) is 15.4. The second kappa shape index (κ2) is 10.0. The number of ether oxygens (including phenoxy) is 1. The first-order valence-electron chi connectivity index (χ1n) is 11.3. The lowest BCUT2D eigenvalue weighted by Gasteiger charge is -2.14. The first-order valence-corrected chi connectivity index (χ1v) is 11.3. The highest BCUT2D eigenvalue weighted by Gasteiger charge is 2.20. The predicted molar refractivity (Wildman–Crippen MR) is 126 cm³/mol. The second-order valence-electron chi connectivity index (χ2n) is 8.36. The summed E-state index contributed by atoms with van der Waals surface area (Å²) < 4.78 is 7.11. The Morgan fingerprint density at radius 3 is 2.74 bits per heavy atom. The van der Waals surface area contributed by atoms with E-state index in [2.05, 4.69) is 20.7 Å². The molecule has 0 bridgehead atoms. The highest BCUT2D eigenvalue weighted by Crippen LogP contribution is 2.20. The van der Waals surface area contributed by atoms with Gasteiger partial charge in [0.2, 0.25) is 5.91 Å². The Labute approximate surface area is 196 Å². The van der Waals surface area contributed by atoms with Gasteiger partial charge in [-0.05, 0) is 50.8 Å². The van der Waals surface area contributed by atoms with Crippen molar-refractivity contribution in [2.45, 2.75) is 45.6 Å². The van der Waals surface area contributed by atoms with E-state index >= 15 is 0 Å². The fourth-order valence-corrected chi connectivity index (χ4v) is 4.20. The maximum atomic E-state index is 12.7. The van der Waals surface area contributed by atoms with Crippen LogP contribution in [0.3, 0.4) is 0 Å². The summed E-state index contributed by atoms with van der Waals surface area (Å²) in [5.74, 6) is -1.07. The topological polar surface area (TPSA) is 141 Å². The molecule has 10 heteroatoms. The molecule has 2 aromatic heterocycles. The number of nitrogens with one attached hydrogen (secondary N) is 2. The molecule has 0 radical (unpaired) electrons. The molecular weight excluding hydrogens is 436 g/mol. The van der Waals surface area contributed by atoms with Gasteiger partial charge < -0.3 is 21.1 Å². The Morgan fingerprint density at radius 2 is 2.00 bits per heavy atom. The first kappa shape index (κ1) is 23.4. The quantitative estimate of drug-likeness (QED) is 0.465. The molecule has 178 valence electrons. The smallest absolute Gasteiger partial charge is 0.254 e. The Hall–Kier alpha value is -3.79. The number of nitrogens with zero attached hydrogens (tertiary/aromatic N) is 3. The highest BCUT2D eigenvalue weighted by molar-refractivity contribution is 6.03. The van der Waals surface area contributed by atoms with E-state index in [1.54, 1.807) is 28.8 Å². The molecule has 10 nitrogen and oxygen atoms in total. The van der Waals surface area contributed by atoms with Crippen molar-refractivity contribution >= 4 is 29.1 Å². The lowest BCUT2D eigenvalue weighted by molar-refractivity contribution is -0.116. The molecule has 0 spiro atoms. The van der Waals surface area contributed by atoms with Gasteiger partial charge >= 0.3 is 0 Å². The molecule has 1 atom stereocenters. The summed E-state index contributed by atoms with van der Waals surface area (Å²) in [5, 5.41) is 9.95. The van der Waals surface area contributed by atoms with E-state index in [0.717, 1.165) is 30.7 Å². The molecule has 1 fully saturated rings. The van der Waals surface area contributed by atoms with E-state index in [1.807, 2.05) is 13.8 Å². The van der Waals surface area contributed by atoms with Crippen LogP contribution in [0.2, 0.25) is 0 Å². The molecule has 3 heterocycles. The van der Waals surface area contributed by atoms with Crippen LogP contribution in [-0.4, -0.2) is 51.6 Å². The van der Waals surface area contributed by atoms with Crippen molar-refractivity contribution in [2.75, 3.05) is 18.5 Å². The van der Waals surface area contributed by atoms with Crippen molar-refractivity contribution in [2.24, 2.45) is 5.73 Å². The van der Waals surface area contributed by atoms with Crippen LogP contribution in [0, 0.1) is 13.8 Å². The maximum absolute atomic E-state index is 12.7. The van der Waals surface area contributed by atoms with Crippen LogP contribution in [0.1, 0.15) is 56.9 Å². The number of aromatic nitrogens is 3. The summed E-state index contributed by atoms with van der Waals surface area (Å²) in [4.78, 5) is 41.5. The van der Waals surface area contributed by atoms with E-state index < -0.39 is 5.91 Å². The van der Waals surface area contributed by atoms with Crippen molar-refractivity contribution in [1.82, 2.24) is 19.9 Å². The molecule has 3 amide bonds. The number of fused-ring (bicyclic) bond motifs is 1. The Bertz CT molecular complexity index is 1250. The molecular formula is C24H28N6O4. The second-order valence-corrected chi connectivity index (χ2v) is 8.36. The summed E-state index contributed by atoms with van der Waals surface area (Å²) in [6, 6.07) is 6.92. The molecule has 3 aromatic rings. The monoisotopic (exact) mass is 464 g/mol. The van der Waals surface area contributed by atoms with E-state index in [1.165, 1.54) is 6.20 Å². The first-order chi connectivity index (χ1) is 16.3. The molecule has 1 saturated heterocycles. The van der Waals surface area contributed by atoms with E-state index in [-0.39, 0.29) is 29.9 Å². The van der Waals surface area contributed by atoms with Gasteiger partial charge in [0.1, 0.15) is 5.56 Å². The van der Waals surface area contributed by atoms with Crippen molar-refractivity contribution in [3.8, 4) is 0 Å². The van der Waals surface area contributed by atoms with Crippen LogP contribution < -0.4 is 16.4 Å².